The quantitative estimate of drug-likeness (QED) is 0.905. The summed E-state index contributed by atoms with van der Waals surface area (Å²) in [6, 6.07) is 1.71. The van der Waals surface area contributed by atoms with Crippen LogP contribution in [0.25, 0.3) is 0 Å². The van der Waals surface area contributed by atoms with Crippen molar-refractivity contribution in [2.45, 2.75) is 20.3 Å². The average molecular weight is 329 g/mol. The summed E-state index contributed by atoms with van der Waals surface area (Å²) in [5, 5.41) is 12.2. The third-order valence-electron chi connectivity index (χ3n) is 2.16. The molecule has 0 atom stereocenters. The Morgan fingerprint density at radius 2 is 2.33 bits per heavy atom. The molecule has 0 aromatic carbocycles. The van der Waals surface area contributed by atoms with Gasteiger partial charge in [0.2, 0.25) is 5.13 Å². The molecule has 2 aromatic rings. The second kappa shape index (κ2) is 5.62. The molecule has 0 aliphatic carbocycles. The van der Waals surface area contributed by atoms with Crippen molar-refractivity contribution in [1.82, 2.24) is 15.2 Å². The first-order valence-electron chi connectivity index (χ1n) is 5.52. The second-order valence-corrected chi connectivity index (χ2v) is 6.26. The standard InChI is InChI=1S/C11H13BrN4OS/c1-6(2)3-9-15-16-11(18-9)14-10(17)8-4-7(12)5-13-8/h4-6,13H,3H2,1-2H3,(H,14,16,17). The van der Waals surface area contributed by atoms with Crippen molar-refractivity contribution in [3.63, 3.8) is 0 Å². The van der Waals surface area contributed by atoms with E-state index in [1.165, 1.54) is 11.3 Å². The molecule has 0 radical (unpaired) electrons. The topological polar surface area (TPSA) is 70.7 Å². The van der Waals surface area contributed by atoms with E-state index in [0.29, 0.717) is 16.7 Å². The highest BCUT2D eigenvalue weighted by atomic mass is 79.9. The molecule has 0 fully saturated rings. The van der Waals surface area contributed by atoms with Crippen molar-refractivity contribution in [2.75, 3.05) is 5.32 Å². The molecule has 2 heterocycles. The summed E-state index contributed by atoms with van der Waals surface area (Å²) in [6.45, 7) is 4.24. The van der Waals surface area contributed by atoms with Crippen LogP contribution in [0.3, 0.4) is 0 Å². The van der Waals surface area contributed by atoms with Gasteiger partial charge in [0, 0.05) is 17.1 Å². The van der Waals surface area contributed by atoms with Gasteiger partial charge in [-0.2, -0.15) is 0 Å². The summed E-state index contributed by atoms with van der Waals surface area (Å²) < 4.78 is 0.838. The van der Waals surface area contributed by atoms with E-state index in [2.05, 4.69) is 50.3 Å². The highest BCUT2D eigenvalue weighted by Gasteiger charge is 2.12. The summed E-state index contributed by atoms with van der Waals surface area (Å²) in [5.41, 5.74) is 0.488. The maximum Gasteiger partial charge on any atom is 0.273 e. The molecule has 0 unspecified atom stereocenters. The van der Waals surface area contributed by atoms with Gasteiger partial charge in [-0.3, -0.25) is 10.1 Å². The Bertz CT molecular complexity index is 549. The number of nitrogens with one attached hydrogen (secondary N) is 2. The first kappa shape index (κ1) is 13.2. The van der Waals surface area contributed by atoms with Crippen molar-refractivity contribution >= 4 is 38.3 Å². The second-order valence-electron chi connectivity index (χ2n) is 4.28. The molecule has 0 bridgehead atoms. The molecule has 18 heavy (non-hydrogen) atoms. The number of halogens is 1. The number of anilines is 1. The lowest BCUT2D eigenvalue weighted by Gasteiger charge is -1.98. The fourth-order valence-corrected chi connectivity index (χ4v) is 2.69. The molecular formula is C11H13BrN4OS. The van der Waals surface area contributed by atoms with Gasteiger partial charge in [-0.25, -0.2) is 0 Å². The van der Waals surface area contributed by atoms with E-state index in [1.807, 2.05) is 0 Å². The number of hydrogen-bond donors (Lipinski definition) is 2. The number of aromatic nitrogens is 3. The number of nitrogens with zero attached hydrogens (tertiary/aromatic N) is 2. The van der Waals surface area contributed by atoms with E-state index < -0.39 is 0 Å². The lowest BCUT2D eigenvalue weighted by molar-refractivity contribution is 0.102. The first-order valence-corrected chi connectivity index (χ1v) is 7.13. The lowest BCUT2D eigenvalue weighted by atomic mass is 10.1. The lowest BCUT2D eigenvalue weighted by Crippen LogP contribution is -2.11. The monoisotopic (exact) mass is 328 g/mol. The number of aromatic amines is 1. The van der Waals surface area contributed by atoms with Crippen LogP contribution in [-0.2, 0) is 6.42 Å². The summed E-state index contributed by atoms with van der Waals surface area (Å²) in [7, 11) is 0. The maximum absolute atomic E-state index is 11.8. The van der Waals surface area contributed by atoms with Gasteiger partial charge in [0.25, 0.3) is 5.91 Å². The molecular weight excluding hydrogens is 316 g/mol. The van der Waals surface area contributed by atoms with Crippen molar-refractivity contribution in [3.05, 3.63) is 27.4 Å². The highest BCUT2D eigenvalue weighted by Crippen LogP contribution is 2.19. The van der Waals surface area contributed by atoms with Crippen LogP contribution in [0.1, 0.15) is 29.3 Å². The molecule has 2 rings (SSSR count). The van der Waals surface area contributed by atoms with Crippen molar-refractivity contribution in [2.24, 2.45) is 5.92 Å². The van der Waals surface area contributed by atoms with E-state index in [-0.39, 0.29) is 5.91 Å². The van der Waals surface area contributed by atoms with E-state index in [0.717, 1.165) is 15.9 Å². The van der Waals surface area contributed by atoms with Crippen LogP contribution in [0.15, 0.2) is 16.7 Å². The molecule has 2 aromatic heterocycles. The molecule has 0 saturated heterocycles. The van der Waals surface area contributed by atoms with Crippen molar-refractivity contribution < 1.29 is 4.79 Å². The number of H-pyrrole nitrogens is 1. The van der Waals surface area contributed by atoms with Gasteiger partial charge in [0.1, 0.15) is 10.7 Å². The molecule has 2 N–H and O–H groups in total. The number of carbonyl (C=O) groups is 1. The molecule has 1 amide bonds. The Morgan fingerprint density at radius 3 is 2.94 bits per heavy atom. The molecule has 0 saturated carbocycles. The summed E-state index contributed by atoms with van der Waals surface area (Å²) in [4.78, 5) is 14.7. The SMILES string of the molecule is CC(C)Cc1nnc(NC(=O)c2cc(Br)c[nH]2)s1. The predicted octanol–water partition coefficient (Wildman–Crippen LogP) is 3.08. The van der Waals surface area contributed by atoms with E-state index >= 15 is 0 Å². The van der Waals surface area contributed by atoms with Gasteiger partial charge in [-0.1, -0.05) is 25.2 Å². The van der Waals surface area contributed by atoms with E-state index in [1.54, 1.807) is 12.3 Å². The smallest absolute Gasteiger partial charge is 0.273 e. The average Bonchev–Trinajstić information content (AvgIpc) is 2.87. The Balaban J connectivity index is 2.01. The van der Waals surface area contributed by atoms with Crippen LogP contribution in [0, 0.1) is 5.92 Å². The van der Waals surface area contributed by atoms with Crippen LogP contribution >= 0.6 is 27.3 Å². The van der Waals surface area contributed by atoms with Crippen LogP contribution in [-0.4, -0.2) is 21.1 Å². The number of carbonyl (C=O) groups excluding carboxylic acids is 1. The summed E-state index contributed by atoms with van der Waals surface area (Å²) in [6.07, 6.45) is 2.58. The van der Waals surface area contributed by atoms with Crippen molar-refractivity contribution in [3.8, 4) is 0 Å². The molecule has 0 aliphatic heterocycles. The molecule has 7 heteroatoms. The largest absolute Gasteiger partial charge is 0.356 e. The number of hydrogen-bond acceptors (Lipinski definition) is 4. The third-order valence-corrected chi connectivity index (χ3v) is 3.48. The highest BCUT2D eigenvalue weighted by molar-refractivity contribution is 9.10. The normalized spacial score (nSPS) is 10.9. The Labute approximate surface area is 117 Å². The van der Waals surface area contributed by atoms with Crippen LogP contribution in [0.2, 0.25) is 0 Å². The molecule has 5 nitrogen and oxygen atoms in total. The summed E-state index contributed by atoms with van der Waals surface area (Å²) >= 11 is 4.69. The number of amides is 1. The Kier molecular flexibility index (Phi) is 4.13. The first-order chi connectivity index (χ1) is 8.54. The fraction of sp³-hybridized carbons (Fsp3) is 0.364. The number of rotatable bonds is 4. The van der Waals surface area contributed by atoms with Gasteiger partial charge in [0.05, 0.1) is 0 Å². The van der Waals surface area contributed by atoms with E-state index in [9.17, 15) is 4.79 Å². The maximum atomic E-state index is 11.8. The van der Waals surface area contributed by atoms with Crippen LogP contribution in [0.4, 0.5) is 5.13 Å². The van der Waals surface area contributed by atoms with Crippen molar-refractivity contribution in [1.29, 1.82) is 0 Å². The van der Waals surface area contributed by atoms with Gasteiger partial charge in [0.15, 0.2) is 0 Å². The third kappa shape index (κ3) is 3.39. The fourth-order valence-electron chi connectivity index (χ4n) is 1.40. The predicted molar refractivity (Wildman–Crippen MR) is 74.9 cm³/mol. The minimum absolute atomic E-state index is 0.215. The summed E-state index contributed by atoms with van der Waals surface area (Å²) in [5.74, 6) is 0.314. The van der Waals surface area contributed by atoms with Gasteiger partial charge in [-0.05, 0) is 27.9 Å². The van der Waals surface area contributed by atoms with Gasteiger partial charge >= 0.3 is 0 Å². The zero-order chi connectivity index (χ0) is 13.1. The van der Waals surface area contributed by atoms with E-state index in [4.69, 9.17) is 0 Å². The molecule has 0 aliphatic rings. The molecule has 0 spiro atoms. The zero-order valence-electron chi connectivity index (χ0n) is 10.0. The van der Waals surface area contributed by atoms with Crippen LogP contribution < -0.4 is 5.32 Å². The van der Waals surface area contributed by atoms with Crippen LogP contribution in [0.5, 0.6) is 0 Å². The molecule has 96 valence electrons. The minimum atomic E-state index is -0.215. The van der Waals surface area contributed by atoms with Gasteiger partial charge < -0.3 is 4.98 Å². The minimum Gasteiger partial charge on any atom is -0.356 e. The zero-order valence-corrected chi connectivity index (χ0v) is 12.4. The Hall–Kier alpha value is -1.21. The van der Waals surface area contributed by atoms with Gasteiger partial charge in [-0.15, -0.1) is 10.2 Å². The Morgan fingerprint density at radius 1 is 1.56 bits per heavy atom.